The predicted octanol–water partition coefficient (Wildman–Crippen LogP) is 5.29. The second kappa shape index (κ2) is 5.84. The van der Waals surface area contributed by atoms with Gasteiger partial charge >= 0.3 is 0 Å². The van der Waals surface area contributed by atoms with Gasteiger partial charge in [-0.25, -0.2) is 0 Å². The number of aryl methyl sites for hydroxylation is 1. The first-order chi connectivity index (χ1) is 10.6. The molecule has 112 valence electrons. The van der Waals surface area contributed by atoms with Crippen LogP contribution in [0, 0.1) is 12.8 Å². The molecule has 1 atom stereocenters. The van der Waals surface area contributed by atoms with Crippen LogP contribution >= 0.6 is 0 Å². The van der Waals surface area contributed by atoms with E-state index in [2.05, 4.69) is 62.9 Å². The fourth-order valence-corrected chi connectivity index (χ4v) is 3.28. The molecule has 1 unspecified atom stereocenters. The average molecular weight is 290 g/mol. The van der Waals surface area contributed by atoms with E-state index in [1.165, 1.54) is 33.4 Å². The van der Waals surface area contributed by atoms with Gasteiger partial charge in [0.2, 0.25) is 0 Å². The second-order valence-corrected chi connectivity index (χ2v) is 6.11. The lowest BCUT2D eigenvalue weighted by Crippen LogP contribution is -1.99. The largest absolute Gasteiger partial charge is 0.496 e. The molecule has 0 radical (unpaired) electrons. The topological polar surface area (TPSA) is 9.23 Å². The van der Waals surface area contributed by atoms with E-state index in [4.69, 9.17) is 4.74 Å². The molecule has 0 fully saturated rings. The van der Waals surface area contributed by atoms with Crippen LogP contribution in [0.5, 0.6) is 5.75 Å². The van der Waals surface area contributed by atoms with Crippen molar-refractivity contribution in [1.29, 1.82) is 0 Å². The summed E-state index contributed by atoms with van der Waals surface area (Å²) in [4.78, 5) is 0. The second-order valence-electron chi connectivity index (χ2n) is 6.11. The van der Waals surface area contributed by atoms with Crippen molar-refractivity contribution in [2.45, 2.75) is 20.3 Å². The Labute approximate surface area is 133 Å². The summed E-state index contributed by atoms with van der Waals surface area (Å²) in [6, 6.07) is 14.9. The zero-order valence-electron chi connectivity index (χ0n) is 13.5. The van der Waals surface area contributed by atoms with E-state index in [1.807, 2.05) is 6.07 Å². The Hall–Kier alpha value is -2.28. The zero-order chi connectivity index (χ0) is 15.7. The first-order valence-electron chi connectivity index (χ1n) is 7.70. The van der Waals surface area contributed by atoms with E-state index in [-0.39, 0.29) is 0 Å². The van der Waals surface area contributed by atoms with Crippen molar-refractivity contribution in [3.63, 3.8) is 0 Å². The number of hydrogen-bond acceptors (Lipinski definition) is 1. The van der Waals surface area contributed by atoms with Crippen LogP contribution in [0.15, 0.2) is 54.6 Å². The molecular weight excluding hydrogens is 268 g/mol. The number of allylic oxidation sites excluding steroid dienone is 2. The quantitative estimate of drug-likeness (QED) is 0.698. The van der Waals surface area contributed by atoms with E-state index in [0.717, 1.165) is 12.2 Å². The van der Waals surface area contributed by atoms with Gasteiger partial charge in [-0.3, -0.25) is 0 Å². The highest BCUT2D eigenvalue weighted by Crippen LogP contribution is 2.45. The summed E-state index contributed by atoms with van der Waals surface area (Å²) in [5.74, 6) is 1.36. The smallest absolute Gasteiger partial charge is 0.122 e. The van der Waals surface area contributed by atoms with E-state index < -0.39 is 0 Å². The van der Waals surface area contributed by atoms with Crippen LogP contribution in [0.2, 0.25) is 0 Å². The van der Waals surface area contributed by atoms with Crippen molar-refractivity contribution < 1.29 is 4.74 Å². The molecule has 0 bridgehead atoms. The van der Waals surface area contributed by atoms with Gasteiger partial charge in [-0.1, -0.05) is 54.6 Å². The van der Waals surface area contributed by atoms with Crippen molar-refractivity contribution in [1.82, 2.24) is 0 Å². The minimum atomic E-state index is 0.367. The molecule has 2 aromatic rings. The summed E-state index contributed by atoms with van der Waals surface area (Å²) in [5.41, 5.74) is 7.65. The van der Waals surface area contributed by atoms with E-state index in [0.29, 0.717) is 5.92 Å². The number of methoxy groups -OCH3 is 1. The molecule has 0 saturated carbocycles. The molecule has 1 heteroatoms. The fraction of sp³-hybridized carbons (Fsp3) is 0.238. The molecule has 0 aliphatic heterocycles. The standard InChI is InChI=1S/C21H22O/c1-14(2)17-13-20-18(10-15(3)11-21(20)22-4)19(17)12-16-8-6-5-7-9-16/h5-12,17H,1,13H2,2-4H3/b19-12-. The Balaban J connectivity index is 2.18. The first kappa shape index (κ1) is 14.6. The van der Waals surface area contributed by atoms with Crippen molar-refractivity contribution in [3.05, 3.63) is 76.9 Å². The molecule has 0 heterocycles. The van der Waals surface area contributed by atoms with Gasteiger partial charge in [0.05, 0.1) is 7.11 Å². The van der Waals surface area contributed by atoms with Crippen LogP contribution in [0.4, 0.5) is 0 Å². The van der Waals surface area contributed by atoms with Crippen LogP contribution in [0.3, 0.4) is 0 Å². The summed E-state index contributed by atoms with van der Waals surface area (Å²) in [7, 11) is 1.75. The Morgan fingerprint density at radius 3 is 2.59 bits per heavy atom. The Bertz CT molecular complexity index is 738. The lowest BCUT2D eigenvalue weighted by atomic mass is 9.92. The molecule has 0 saturated heterocycles. The summed E-state index contributed by atoms with van der Waals surface area (Å²) in [6.45, 7) is 8.45. The molecule has 22 heavy (non-hydrogen) atoms. The summed E-state index contributed by atoms with van der Waals surface area (Å²) < 4.78 is 5.61. The van der Waals surface area contributed by atoms with Gasteiger partial charge in [0.15, 0.2) is 0 Å². The number of ether oxygens (including phenoxy) is 1. The number of fused-ring (bicyclic) bond motifs is 1. The van der Waals surface area contributed by atoms with Gasteiger partial charge in [0.1, 0.15) is 5.75 Å². The molecule has 3 rings (SSSR count). The molecule has 0 N–H and O–H groups in total. The van der Waals surface area contributed by atoms with Crippen LogP contribution in [0.1, 0.15) is 29.2 Å². The van der Waals surface area contributed by atoms with E-state index in [1.54, 1.807) is 7.11 Å². The van der Waals surface area contributed by atoms with Crippen molar-refractivity contribution in [2.24, 2.45) is 5.92 Å². The lowest BCUT2D eigenvalue weighted by molar-refractivity contribution is 0.409. The van der Waals surface area contributed by atoms with Crippen LogP contribution in [-0.4, -0.2) is 7.11 Å². The molecule has 0 amide bonds. The van der Waals surface area contributed by atoms with Gasteiger partial charge in [0.25, 0.3) is 0 Å². The molecule has 0 spiro atoms. The fourth-order valence-electron chi connectivity index (χ4n) is 3.28. The van der Waals surface area contributed by atoms with Crippen molar-refractivity contribution >= 4 is 11.6 Å². The molecule has 0 aromatic heterocycles. The van der Waals surface area contributed by atoms with Gasteiger partial charge in [0, 0.05) is 11.5 Å². The lowest BCUT2D eigenvalue weighted by Gasteiger charge is -2.12. The van der Waals surface area contributed by atoms with Crippen LogP contribution in [-0.2, 0) is 6.42 Å². The number of benzene rings is 2. The minimum Gasteiger partial charge on any atom is -0.496 e. The number of rotatable bonds is 3. The molecule has 2 aromatic carbocycles. The summed E-state index contributed by atoms with van der Waals surface area (Å²) in [6.07, 6.45) is 3.27. The van der Waals surface area contributed by atoms with E-state index >= 15 is 0 Å². The zero-order valence-corrected chi connectivity index (χ0v) is 13.5. The maximum absolute atomic E-state index is 5.61. The normalized spacial score (nSPS) is 18.3. The monoisotopic (exact) mass is 290 g/mol. The van der Waals surface area contributed by atoms with Crippen molar-refractivity contribution in [3.8, 4) is 5.75 Å². The Morgan fingerprint density at radius 2 is 1.95 bits per heavy atom. The highest BCUT2D eigenvalue weighted by molar-refractivity contribution is 5.89. The van der Waals surface area contributed by atoms with Gasteiger partial charge in [-0.15, -0.1) is 0 Å². The summed E-state index contributed by atoms with van der Waals surface area (Å²) in [5, 5.41) is 0. The minimum absolute atomic E-state index is 0.367. The van der Waals surface area contributed by atoms with Gasteiger partial charge < -0.3 is 4.74 Å². The van der Waals surface area contributed by atoms with E-state index in [9.17, 15) is 0 Å². The molecule has 1 aliphatic carbocycles. The molecule has 1 nitrogen and oxygen atoms in total. The summed E-state index contributed by atoms with van der Waals surface area (Å²) >= 11 is 0. The maximum Gasteiger partial charge on any atom is 0.122 e. The van der Waals surface area contributed by atoms with Crippen LogP contribution in [0.25, 0.3) is 11.6 Å². The third kappa shape index (κ3) is 2.59. The van der Waals surface area contributed by atoms with Crippen molar-refractivity contribution in [2.75, 3.05) is 7.11 Å². The predicted molar refractivity (Wildman–Crippen MR) is 94.1 cm³/mol. The van der Waals surface area contributed by atoms with Gasteiger partial charge in [-0.05, 0) is 48.6 Å². The first-order valence-corrected chi connectivity index (χ1v) is 7.70. The highest BCUT2D eigenvalue weighted by Gasteiger charge is 2.30. The highest BCUT2D eigenvalue weighted by atomic mass is 16.5. The number of hydrogen-bond donors (Lipinski definition) is 0. The Morgan fingerprint density at radius 1 is 1.23 bits per heavy atom. The SMILES string of the molecule is C=C(C)C1Cc2c(OC)cc(C)cc2/C1=C\c1ccccc1. The van der Waals surface area contributed by atoms with Gasteiger partial charge in [-0.2, -0.15) is 0 Å². The average Bonchev–Trinajstić information content (AvgIpc) is 2.86. The maximum atomic E-state index is 5.61. The molecular formula is C21H22O. The third-order valence-corrected chi connectivity index (χ3v) is 4.38. The molecule has 1 aliphatic rings. The third-order valence-electron chi connectivity index (χ3n) is 4.38. The Kier molecular flexibility index (Phi) is 3.89. The van der Waals surface area contributed by atoms with Crippen LogP contribution < -0.4 is 4.74 Å².